The maximum absolute atomic E-state index is 13.0. The largest absolute Gasteiger partial charge is 0.586 e. The van der Waals surface area contributed by atoms with Crippen molar-refractivity contribution in [3.05, 3.63) is 23.8 Å². The number of ether oxygens (including phenoxy) is 2. The Morgan fingerprint density at radius 1 is 1.39 bits per heavy atom. The Morgan fingerprint density at radius 2 is 2.22 bits per heavy atom. The van der Waals surface area contributed by atoms with Gasteiger partial charge in [0.05, 0.1) is 0 Å². The van der Waals surface area contributed by atoms with E-state index in [1.807, 2.05) is 0 Å². The zero-order valence-corrected chi connectivity index (χ0v) is 9.73. The molecule has 0 amide bonds. The van der Waals surface area contributed by atoms with Gasteiger partial charge in [-0.2, -0.15) is 0 Å². The van der Waals surface area contributed by atoms with Gasteiger partial charge >= 0.3 is 6.29 Å². The molecule has 1 saturated heterocycles. The van der Waals surface area contributed by atoms with Gasteiger partial charge in [0, 0.05) is 31.2 Å². The average Bonchev–Trinajstić information content (AvgIpc) is 2.81. The maximum Gasteiger partial charge on any atom is 0.586 e. The van der Waals surface area contributed by atoms with Gasteiger partial charge in [-0.05, 0) is 12.5 Å². The van der Waals surface area contributed by atoms with Gasteiger partial charge in [0.15, 0.2) is 11.5 Å². The van der Waals surface area contributed by atoms with Gasteiger partial charge in [-0.15, -0.1) is 8.78 Å². The second-order valence-electron chi connectivity index (χ2n) is 4.70. The van der Waals surface area contributed by atoms with Crippen molar-refractivity contribution in [2.45, 2.75) is 25.3 Å². The van der Waals surface area contributed by atoms with Gasteiger partial charge in [0.2, 0.25) is 0 Å². The summed E-state index contributed by atoms with van der Waals surface area (Å²) in [5.74, 6) is 0.240. The van der Waals surface area contributed by atoms with Crippen LogP contribution < -0.4 is 15.2 Å². The van der Waals surface area contributed by atoms with E-state index < -0.39 is 6.29 Å². The van der Waals surface area contributed by atoms with E-state index >= 15 is 0 Å². The van der Waals surface area contributed by atoms with Crippen LogP contribution in [0.1, 0.15) is 12.0 Å². The van der Waals surface area contributed by atoms with E-state index in [0.29, 0.717) is 12.1 Å². The summed E-state index contributed by atoms with van der Waals surface area (Å²) < 4.78 is 35.0. The number of rotatable bonds is 2. The highest BCUT2D eigenvalue weighted by Crippen LogP contribution is 2.43. The Hall–Kier alpha value is -1.40. The van der Waals surface area contributed by atoms with Gasteiger partial charge in [-0.3, -0.25) is 4.90 Å². The molecule has 0 aliphatic carbocycles. The van der Waals surface area contributed by atoms with Crippen LogP contribution >= 0.6 is 0 Å². The first-order valence-electron chi connectivity index (χ1n) is 5.89. The molecule has 2 aliphatic heterocycles. The standard InChI is InChI=1S/C12H14F2N2O2/c13-12(14)17-10-3-1-2-8(11(10)18-12)6-16-5-4-9(15)7-16/h1-3,9H,4-7,15H2. The zero-order chi connectivity index (χ0) is 12.8. The SMILES string of the molecule is NC1CCN(Cc2cccc3c2OC(F)(F)O3)C1. The molecule has 2 N–H and O–H groups in total. The minimum Gasteiger partial charge on any atom is -0.395 e. The predicted octanol–water partition coefficient (Wildman–Crippen LogP) is 1.54. The van der Waals surface area contributed by atoms with Crippen LogP contribution in [0.4, 0.5) is 8.78 Å². The molecule has 1 fully saturated rings. The van der Waals surface area contributed by atoms with Crippen LogP contribution in [-0.4, -0.2) is 30.3 Å². The van der Waals surface area contributed by atoms with E-state index in [2.05, 4.69) is 14.4 Å². The normalized spacial score (nSPS) is 25.6. The summed E-state index contributed by atoms with van der Waals surface area (Å²) in [4.78, 5) is 2.13. The fraction of sp³-hybridized carbons (Fsp3) is 0.500. The highest BCUT2D eigenvalue weighted by molar-refractivity contribution is 5.48. The summed E-state index contributed by atoms with van der Waals surface area (Å²) in [6.45, 7) is 2.21. The molecule has 0 radical (unpaired) electrons. The van der Waals surface area contributed by atoms with Gasteiger partial charge in [-0.25, -0.2) is 0 Å². The third kappa shape index (κ3) is 2.13. The number of halogens is 2. The van der Waals surface area contributed by atoms with Crippen LogP contribution in [0.5, 0.6) is 11.5 Å². The van der Waals surface area contributed by atoms with Gasteiger partial charge in [0.1, 0.15) is 0 Å². The third-order valence-electron chi connectivity index (χ3n) is 3.21. The van der Waals surface area contributed by atoms with Crippen molar-refractivity contribution in [2.24, 2.45) is 5.73 Å². The molecule has 0 aromatic heterocycles. The molecule has 2 heterocycles. The minimum atomic E-state index is -3.56. The second kappa shape index (κ2) is 4.07. The molecule has 0 bridgehead atoms. The topological polar surface area (TPSA) is 47.7 Å². The Bertz CT molecular complexity index is 467. The van der Waals surface area contributed by atoms with Crippen LogP contribution in [0.15, 0.2) is 18.2 Å². The Morgan fingerprint density at radius 3 is 2.94 bits per heavy atom. The van der Waals surface area contributed by atoms with E-state index in [1.165, 1.54) is 6.07 Å². The molecule has 1 unspecified atom stereocenters. The molecule has 98 valence electrons. The molecular weight excluding hydrogens is 242 g/mol. The number of likely N-dealkylation sites (tertiary alicyclic amines) is 1. The fourth-order valence-electron chi connectivity index (χ4n) is 2.40. The number of hydrogen-bond donors (Lipinski definition) is 1. The lowest BCUT2D eigenvalue weighted by atomic mass is 10.2. The van der Waals surface area contributed by atoms with Gasteiger partial charge in [0.25, 0.3) is 0 Å². The number of nitrogens with zero attached hydrogens (tertiary/aromatic N) is 1. The van der Waals surface area contributed by atoms with Crippen molar-refractivity contribution in [1.82, 2.24) is 4.90 Å². The van der Waals surface area contributed by atoms with Crippen LogP contribution in [-0.2, 0) is 6.54 Å². The number of nitrogens with two attached hydrogens (primary N) is 1. The van der Waals surface area contributed by atoms with Crippen molar-refractivity contribution < 1.29 is 18.3 Å². The number of fused-ring (bicyclic) bond motifs is 1. The van der Waals surface area contributed by atoms with Gasteiger partial charge < -0.3 is 15.2 Å². The lowest BCUT2D eigenvalue weighted by Gasteiger charge is -2.16. The summed E-state index contributed by atoms with van der Waals surface area (Å²) in [7, 11) is 0. The van der Waals surface area contributed by atoms with Crippen molar-refractivity contribution >= 4 is 0 Å². The van der Waals surface area contributed by atoms with Crippen molar-refractivity contribution in [3.8, 4) is 11.5 Å². The Labute approximate surface area is 103 Å². The van der Waals surface area contributed by atoms with E-state index in [9.17, 15) is 8.78 Å². The number of para-hydroxylation sites is 1. The molecule has 4 nitrogen and oxygen atoms in total. The van der Waals surface area contributed by atoms with E-state index in [1.54, 1.807) is 12.1 Å². The second-order valence-corrected chi connectivity index (χ2v) is 4.70. The van der Waals surface area contributed by atoms with Crippen molar-refractivity contribution in [2.75, 3.05) is 13.1 Å². The van der Waals surface area contributed by atoms with Crippen molar-refractivity contribution in [1.29, 1.82) is 0 Å². The smallest absolute Gasteiger partial charge is 0.395 e. The molecule has 1 atom stereocenters. The molecule has 0 saturated carbocycles. The highest BCUT2D eigenvalue weighted by Gasteiger charge is 2.44. The molecule has 1 aromatic carbocycles. The molecule has 6 heteroatoms. The Kier molecular flexibility index (Phi) is 2.64. The van der Waals surface area contributed by atoms with Crippen LogP contribution in [0.25, 0.3) is 0 Å². The average molecular weight is 256 g/mol. The number of hydrogen-bond acceptors (Lipinski definition) is 4. The van der Waals surface area contributed by atoms with Gasteiger partial charge in [-0.1, -0.05) is 12.1 Å². The summed E-state index contributed by atoms with van der Waals surface area (Å²) in [5, 5.41) is 0. The predicted molar refractivity (Wildman–Crippen MR) is 60.5 cm³/mol. The van der Waals surface area contributed by atoms with Crippen LogP contribution in [0.2, 0.25) is 0 Å². The van der Waals surface area contributed by atoms with E-state index in [-0.39, 0.29) is 17.5 Å². The fourth-order valence-corrected chi connectivity index (χ4v) is 2.40. The quantitative estimate of drug-likeness (QED) is 0.872. The van der Waals surface area contributed by atoms with E-state index in [0.717, 1.165) is 19.5 Å². The monoisotopic (exact) mass is 256 g/mol. The molecule has 0 spiro atoms. The summed E-state index contributed by atoms with van der Waals surface area (Å²) >= 11 is 0. The van der Waals surface area contributed by atoms with Crippen LogP contribution in [0.3, 0.4) is 0 Å². The minimum absolute atomic E-state index is 0.0981. The summed E-state index contributed by atoms with van der Waals surface area (Å²) in [6, 6.07) is 5.11. The summed E-state index contributed by atoms with van der Waals surface area (Å²) in [5.41, 5.74) is 6.52. The lowest BCUT2D eigenvalue weighted by Crippen LogP contribution is -2.27. The van der Waals surface area contributed by atoms with Crippen LogP contribution in [0, 0.1) is 0 Å². The first kappa shape index (κ1) is 11.7. The first-order valence-corrected chi connectivity index (χ1v) is 5.89. The third-order valence-corrected chi connectivity index (χ3v) is 3.21. The molecule has 3 rings (SSSR count). The highest BCUT2D eigenvalue weighted by atomic mass is 19.3. The first-order chi connectivity index (χ1) is 8.53. The number of benzene rings is 1. The molecule has 2 aliphatic rings. The molecule has 18 heavy (non-hydrogen) atoms. The van der Waals surface area contributed by atoms with Crippen molar-refractivity contribution in [3.63, 3.8) is 0 Å². The van der Waals surface area contributed by atoms with E-state index in [4.69, 9.17) is 5.73 Å². The maximum atomic E-state index is 13.0. The Balaban J connectivity index is 1.80. The summed E-state index contributed by atoms with van der Waals surface area (Å²) in [6.07, 6.45) is -2.62. The molecule has 1 aromatic rings. The molecular formula is C12H14F2N2O2. The lowest BCUT2D eigenvalue weighted by molar-refractivity contribution is -0.287. The number of alkyl halides is 2. The zero-order valence-electron chi connectivity index (χ0n) is 9.73.